The quantitative estimate of drug-likeness (QED) is 0.740. The normalized spacial score (nSPS) is 23.4. The first kappa shape index (κ1) is 10.6. The fourth-order valence-corrected chi connectivity index (χ4v) is 3.93. The molecule has 0 atom stereocenters. The molecule has 0 unspecified atom stereocenters. The van der Waals surface area contributed by atoms with Gasteiger partial charge in [-0.1, -0.05) is 12.1 Å². The van der Waals surface area contributed by atoms with Crippen LogP contribution < -0.4 is 0 Å². The van der Waals surface area contributed by atoms with Crippen LogP contribution in [0.15, 0.2) is 18.2 Å². The van der Waals surface area contributed by atoms with Crippen LogP contribution in [-0.2, 0) is 12.8 Å². The molecule has 1 aromatic rings. The van der Waals surface area contributed by atoms with E-state index in [2.05, 4.69) is 17.0 Å². The summed E-state index contributed by atoms with van der Waals surface area (Å²) in [4.78, 5) is 14.9. The molecule has 0 radical (unpaired) electrons. The largest absolute Gasteiger partial charge is 0.333 e. The topological polar surface area (TPSA) is 20.3 Å². The summed E-state index contributed by atoms with van der Waals surface area (Å²) in [6.45, 7) is 0.975. The summed E-state index contributed by atoms with van der Waals surface area (Å²) in [7, 11) is 0. The number of aryl methyl sites for hydroxylation is 1. The third kappa shape index (κ3) is 1.26. The van der Waals surface area contributed by atoms with Gasteiger partial charge in [0.2, 0.25) is 0 Å². The van der Waals surface area contributed by atoms with Crippen LogP contribution in [0.1, 0.15) is 53.6 Å². The van der Waals surface area contributed by atoms with Crippen LogP contribution in [0, 0.1) is 0 Å². The zero-order valence-corrected chi connectivity index (χ0v) is 10.7. The molecule has 0 bridgehead atoms. The number of likely N-dealkylation sites (tertiary alicyclic amines) is 1. The fourth-order valence-electron chi connectivity index (χ4n) is 3.93. The molecule has 1 amide bonds. The van der Waals surface area contributed by atoms with Gasteiger partial charge < -0.3 is 4.90 Å². The van der Waals surface area contributed by atoms with Crippen LogP contribution in [0.5, 0.6) is 0 Å². The van der Waals surface area contributed by atoms with Crippen molar-refractivity contribution in [2.45, 2.75) is 50.5 Å². The van der Waals surface area contributed by atoms with Crippen molar-refractivity contribution < 1.29 is 4.79 Å². The van der Waals surface area contributed by atoms with E-state index in [1.807, 2.05) is 6.07 Å². The average molecular weight is 241 g/mol. The minimum Gasteiger partial charge on any atom is -0.333 e. The first-order chi connectivity index (χ1) is 8.80. The third-order valence-electron chi connectivity index (χ3n) is 5.28. The van der Waals surface area contributed by atoms with E-state index in [9.17, 15) is 4.79 Å². The van der Waals surface area contributed by atoms with Crippen LogP contribution in [0.2, 0.25) is 0 Å². The van der Waals surface area contributed by atoms with Gasteiger partial charge in [-0.2, -0.15) is 0 Å². The molecular formula is C16H19NO. The van der Waals surface area contributed by atoms with E-state index in [0.717, 1.165) is 24.9 Å². The van der Waals surface area contributed by atoms with Gasteiger partial charge in [0.05, 0.1) is 0 Å². The monoisotopic (exact) mass is 241 g/mol. The second kappa shape index (κ2) is 3.59. The van der Waals surface area contributed by atoms with Crippen molar-refractivity contribution in [2.24, 2.45) is 0 Å². The Morgan fingerprint density at radius 3 is 2.67 bits per heavy atom. The highest BCUT2D eigenvalue weighted by atomic mass is 16.2. The Bertz CT molecular complexity index is 510. The van der Waals surface area contributed by atoms with Gasteiger partial charge in [0, 0.05) is 17.6 Å². The number of carbonyl (C=O) groups is 1. The van der Waals surface area contributed by atoms with Gasteiger partial charge in [-0.25, -0.2) is 0 Å². The zero-order valence-electron chi connectivity index (χ0n) is 10.7. The molecule has 1 spiro atoms. The number of hydrogen-bond donors (Lipinski definition) is 0. The molecule has 1 aliphatic heterocycles. The Kier molecular flexibility index (Phi) is 2.12. The molecule has 4 rings (SSSR count). The molecule has 1 aromatic carbocycles. The number of nitrogens with zero attached hydrogens (tertiary/aromatic N) is 1. The molecule has 0 N–H and O–H groups in total. The van der Waals surface area contributed by atoms with Gasteiger partial charge in [0.25, 0.3) is 5.91 Å². The summed E-state index contributed by atoms with van der Waals surface area (Å²) in [5, 5.41) is 0. The van der Waals surface area contributed by atoms with Crippen molar-refractivity contribution in [3.8, 4) is 0 Å². The standard InChI is InChI=1S/C16H19NO/c18-15(17-11-10-16(17)8-3-9-16)14-7-2-5-12-4-1-6-13(12)14/h2,5,7H,1,3-4,6,8-11H2. The lowest BCUT2D eigenvalue weighted by atomic mass is 9.67. The minimum absolute atomic E-state index is 0.276. The van der Waals surface area contributed by atoms with Crippen LogP contribution in [0.25, 0.3) is 0 Å². The maximum atomic E-state index is 12.7. The van der Waals surface area contributed by atoms with E-state index < -0.39 is 0 Å². The van der Waals surface area contributed by atoms with E-state index >= 15 is 0 Å². The van der Waals surface area contributed by atoms with E-state index in [0.29, 0.717) is 5.91 Å². The summed E-state index contributed by atoms with van der Waals surface area (Å²) in [5.41, 5.74) is 4.02. The van der Waals surface area contributed by atoms with Gasteiger partial charge >= 0.3 is 0 Å². The van der Waals surface area contributed by atoms with Gasteiger partial charge in [0.1, 0.15) is 0 Å². The van der Waals surface area contributed by atoms with Crippen molar-refractivity contribution >= 4 is 5.91 Å². The molecule has 1 heterocycles. The van der Waals surface area contributed by atoms with E-state index in [1.54, 1.807) is 0 Å². The van der Waals surface area contributed by atoms with Crippen LogP contribution >= 0.6 is 0 Å². The maximum Gasteiger partial charge on any atom is 0.254 e. The molecule has 94 valence electrons. The van der Waals surface area contributed by atoms with Gasteiger partial charge in [-0.15, -0.1) is 0 Å². The number of rotatable bonds is 1. The molecule has 2 fully saturated rings. The Labute approximate surface area is 108 Å². The lowest BCUT2D eigenvalue weighted by molar-refractivity contribution is -0.0488. The van der Waals surface area contributed by atoms with Crippen molar-refractivity contribution in [2.75, 3.05) is 6.54 Å². The first-order valence-electron chi connectivity index (χ1n) is 7.23. The van der Waals surface area contributed by atoms with E-state index in [-0.39, 0.29) is 5.54 Å². The number of carbonyl (C=O) groups excluding carboxylic acids is 1. The van der Waals surface area contributed by atoms with Crippen molar-refractivity contribution in [3.05, 3.63) is 34.9 Å². The predicted molar refractivity (Wildman–Crippen MR) is 70.7 cm³/mol. The summed E-state index contributed by atoms with van der Waals surface area (Å²) >= 11 is 0. The second-order valence-corrected chi connectivity index (χ2v) is 6.08. The highest BCUT2D eigenvalue weighted by molar-refractivity contribution is 5.97. The number of benzene rings is 1. The first-order valence-corrected chi connectivity index (χ1v) is 7.23. The molecule has 2 nitrogen and oxygen atoms in total. The van der Waals surface area contributed by atoms with Crippen LogP contribution in [0.4, 0.5) is 0 Å². The molecule has 1 saturated carbocycles. The number of amides is 1. The molecule has 2 heteroatoms. The van der Waals surface area contributed by atoms with Crippen molar-refractivity contribution in [1.82, 2.24) is 4.90 Å². The van der Waals surface area contributed by atoms with E-state index in [1.165, 1.54) is 43.2 Å². The minimum atomic E-state index is 0.276. The highest BCUT2D eigenvalue weighted by Crippen LogP contribution is 2.47. The SMILES string of the molecule is O=C(c1cccc2c1CCC2)N1CCC12CCC2. The Hall–Kier alpha value is -1.31. The molecular weight excluding hydrogens is 222 g/mol. The van der Waals surface area contributed by atoms with Gasteiger partial charge in [-0.05, 0) is 62.1 Å². The molecule has 2 aliphatic carbocycles. The Morgan fingerprint density at radius 2 is 2.00 bits per heavy atom. The number of hydrogen-bond acceptors (Lipinski definition) is 1. The zero-order chi connectivity index (χ0) is 12.2. The molecule has 18 heavy (non-hydrogen) atoms. The summed E-state index contributed by atoms with van der Waals surface area (Å²) in [5.74, 6) is 0.305. The third-order valence-corrected chi connectivity index (χ3v) is 5.28. The Balaban J connectivity index is 1.67. The summed E-state index contributed by atoms with van der Waals surface area (Å²) < 4.78 is 0. The molecule has 3 aliphatic rings. The van der Waals surface area contributed by atoms with Crippen LogP contribution in [0.3, 0.4) is 0 Å². The fraction of sp³-hybridized carbons (Fsp3) is 0.562. The van der Waals surface area contributed by atoms with Crippen molar-refractivity contribution in [1.29, 1.82) is 0 Å². The van der Waals surface area contributed by atoms with E-state index in [4.69, 9.17) is 0 Å². The average Bonchev–Trinajstić information content (AvgIpc) is 2.72. The Morgan fingerprint density at radius 1 is 1.11 bits per heavy atom. The summed E-state index contributed by atoms with van der Waals surface area (Å²) in [6.07, 6.45) is 8.45. The van der Waals surface area contributed by atoms with Gasteiger partial charge in [-0.3, -0.25) is 4.79 Å². The van der Waals surface area contributed by atoms with Gasteiger partial charge in [0.15, 0.2) is 0 Å². The lowest BCUT2D eigenvalue weighted by Gasteiger charge is -2.58. The number of fused-ring (bicyclic) bond motifs is 1. The molecule has 0 aromatic heterocycles. The van der Waals surface area contributed by atoms with Crippen molar-refractivity contribution in [3.63, 3.8) is 0 Å². The predicted octanol–water partition coefficient (Wildman–Crippen LogP) is 2.94. The van der Waals surface area contributed by atoms with Crippen LogP contribution in [-0.4, -0.2) is 22.9 Å². The molecule has 1 saturated heterocycles. The summed E-state index contributed by atoms with van der Waals surface area (Å²) in [6, 6.07) is 6.29. The highest BCUT2D eigenvalue weighted by Gasteiger charge is 2.51. The maximum absolute atomic E-state index is 12.7. The second-order valence-electron chi connectivity index (χ2n) is 6.08. The smallest absolute Gasteiger partial charge is 0.254 e. The lowest BCUT2D eigenvalue weighted by Crippen LogP contribution is -2.65.